The minimum Gasteiger partial charge on any atom is -0.356 e. The summed E-state index contributed by atoms with van der Waals surface area (Å²) in [6.45, 7) is 9.04. The van der Waals surface area contributed by atoms with Gasteiger partial charge in [-0.1, -0.05) is 39.3 Å². The predicted molar refractivity (Wildman–Crippen MR) is 106 cm³/mol. The minimum atomic E-state index is -0.0191. The number of piperidine rings is 1. The van der Waals surface area contributed by atoms with Crippen LogP contribution in [-0.2, 0) is 9.59 Å². The number of nitrogens with zero attached hydrogens (tertiary/aromatic N) is 1. The van der Waals surface area contributed by atoms with Crippen molar-refractivity contribution < 1.29 is 9.59 Å². The fraction of sp³-hybridized carbons (Fsp3) is 0.619. The Bertz CT molecular complexity index is 583. The van der Waals surface area contributed by atoms with Gasteiger partial charge in [0, 0.05) is 18.8 Å². The third kappa shape index (κ3) is 6.45. The summed E-state index contributed by atoms with van der Waals surface area (Å²) in [5.74, 6) is 0.592. The zero-order valence-electron chi connectivity index (χ0n) is 16.4. The molecule has 0 saturated carbocycles. The fourth-order valence-electron chi connectivity index (χ4n) is 3.30. The molecule has 1 aromatic carbocycles. The van der Waals surface area contributed by atoms with E-state index in [1.807, 2.05) is 12.1 Å². The summed E-state index contributed by atoms with van der Waals surface area (Å²) in [4.78, 5) is 26.7. The van der Waals surface area contributed by atoms with E-state index in [0.29, 0.717) is 19.0 Å². The van der Waals surface area contributed by atoms with Crippen molar-refractivity contribution in [3.05, 3.63) is 29.8 Å². The van der Waals surface area contributed by atoms with Crippen molar-refractivity contribution in [2.75, 3.05) is 31.5 Å². The molecule has 0 bridgehead atoms. The number of rotatable bonds is 8. The van der Waals surface area contributed by atoms with E-state index >= 15 is 0 Å². The maximum Gasteiger partial charge on any atom is 0.238 e. The number of amides is 2. The van der Waals surface area contributed by atoms with Crippen molar-refractivity contribution in [2.45, 2.75) is 52.4 Å². The third-order valence-electron chi connectivity index (χ3n) is 4.93. The van der Waals surface area contributed by atoms with Crippen LogP contribution in [0.3, 0.4) is 0 Å². The summed E-state index contributed by atoms with van der Waals surface area (Å²) in [7, 11) is 0. The van der Waals surface area contributed by atoms with Crippen LogP contribution in [0.1, 0.15) is 57.9 Å². The Hall–Kier alpha value is -1.88. The number of unbranched alkanes of at least 4 members (excludes halogenated alkanes) is 1. The second-order valence-electron chi connectivity index (χ2n) is 7.54. The molecule has 0 radical (unpaired) electrons. The van der Waals surface area contributed by atoms with E-state index in [4.69, 9.17) is 0 Å². The van der Waals surface area contributed by atoms with Crippen molar-refractivity contribution in [1.82, 2.24) is 10.2 Å². The Labute approximate surface area is 157 Å². The molecule has 2 amide bonds. The van der Waals surface area contributed by atoms with Gasteiger partial charge in [0.1, 0.15) is 0 Å². The molecule has 0 spiro atoms. The van der Waals surface area contributed by atoms with Crippen LogP contribution >= 0.6 is 0 Å². The van der Waals surface area contributed by atoms with Gasteiger partial charge in [0.25, 0.3) is 0 Å². The molecule has 26 heavy (non-hydrogen) atoms. The van der Waals surface area contributed by atoms with Crippen LogP contribution < -0.4 is 10.6 Å². The Balaban J connectivity index is 1.79. The number of benzene rings is 1. The highest BCUT2D eigenvalue weighted by Gasteiger charge is 2.26. The lowest BCUT2D eigenvalue weighted by Gasteiger charge is -2.31. The topological polar surface area (TPSA) is 61.4 Å². The molecule has 0 aliphatic carbocycles. The first kappa shape index (κ1) is 20.4. The van der Waals surface area contributed by atoms with E-state index in [2.05, 4.69) is 48.4 Å². The van der Waals surface area contributed by atoms with Crippen LogP contribution in [-0.4, -0.2) is 42.9 Å². The molecule has 1 unspecified atom stereocenters. The van der Waals surface area contributed by atoms with Gasteiger partial charge in [-0.05, 0) is 49.4 Å². The van der Waals surface area contributed by atoms with E-state index in [1.54, 1.807) is 0 Å². The van der Waals surface area contributed by atoms with Gasteiger partial charge in [0.05, 0.1) is 12.5 Å². The maximum absolute atomic E-state index is 12.3. The summed E-state index contributed by atoms with van der Waals surface area (Å²) in [5.41, 5.74) is 2.08. The molecule has 1 atom stereocenters. The zero-order chi connectivity index (χ0) is 18.9. The number of hydrogen-bond donors (Lipinski definition) is 2. The van der Waals surface area contributed by atoms with Gasteiger partial charge >= 0.3 is 0 Å². The standard InChI is InChI=1S/C21H33N3O2/c1-4-5-12-22-21(26)18-7-6-13-24(14-18)15-20(25)23-19-10-8-17(9-11-19)16(2)3/h8-11,16,18H,4-7,12-15H2,1-3H3,(H,22,26)(H,23,25). The highest BCUT2D eigenvalue weighted by molar-refractivity contribution is 5.92. The summed E-state index contributed by atoms with van der Waals surface area (Å²) < 4.78 is 0. The maximum atomic E-state index is 12.3. The average Bonchev–Trinajstić information content (AvgIpc) is 2.62. The van der Waals surface area contributed by atoms with E-state index in [1.165, 1.54) is 5.56 Å². The highest BCUT2D eigenvalue weighted by atomic mass is 16.2. The van der Waals surface area contributed by atoms with E-state index in [9.17, 15) is 9.59 Å². The van der Waals surface area contributed by atoms with Gasteiger partial charge < -0.3 is 10.6 Å². The predicted octanol–water partition coefficient (Wildman–Crippen LogP) is 3.38. The molecule has 5 heteroatoms. The molecule has 5 nitrogen and oxygen atoms in total. The van der Waals surface area contributed by atoms with Crippen LogP contribution in [0.15, 0.2) is 24.3 Å². The van der Waals surface area contributed by atoms with Crippen molar-refractivity contribution in [1.29, 1.82) is 0 Å². The third-order valence-corrected chi connectivity index (χ3v) is 4.93. The molecule has 2 N–H and O–H groups in total. The first-order valence-corrected chi connectivity index (χ1v) is 9.89. The summed E-state index contributed by atoms with van der Waals surface area (Å²) >= 11 is 0. The quantitative estimate of drug-likeness (QED) is 0.700. The first-order chi connectivity index (χ1) is 12.5. The van der Waals surface area contributed by atoms with Crippen LogP contribution in [0.5, 0.6) is 0 Å². The van der Waals surface area contributed by atoms with Crippen LogP contribution in [0.25, 0.3) is 0 Å². The number of nitrogens with one attached hydrogen (secondary N) is 2. The lowest BCUT2D eigenvalue weighted by atomic mass is 9.97. The number of hydrogen-bond acceptors (Lipinski definition) is 3. The molecule has 1 aliphatic heterocycles. The molecular formula is C21H33N3O2. The molecule has 1 heterocycles. The second kappa shape index (κ2) is 10.3. The van der Waals surface area contributed by atoms with Gasteiger partial charge in [-0.2, -0.15) is 0 Å². The molecular weight excluding hydrogens is 326 g/mol. The lowest BCUT2D eigenvalue weighted by molar-refractivity contribution is -0.127. The molecule has 0 aromatic heterocycles. The first-order valence-electron chi connectivity index (χ1n) is 9.89. The van der Waals surface area contributed by atoms with Gasteiger partial charge in [0.2, 0.25) is 11.8 Å². The van der Waals surface area contributed by atoms with Gasteiger partial charge in [-0.3, -0.25) is 14.5 Å². The fourth-order valence-corrected chi connectivity index (χ4v) is 3.30. The van der Waals surface area contributed by atoms with Crippen LogP contribution in [0.4, 0.5) is 5.69 Å². The summed E-state index contributed by atoms with van der Waals surface area (Å²) in [6.07, 6.45) is 3.96. The summed E-state index contributed by atoms with van der Waals surface area (Å²) in [6, 6.07) is 8.01. The lowest BCUT2D eigenvalue weighted by Crippen LogP contribution is -2.45. The van der Waals surface area contributed by atoms with E-state index in [0.717, 1.165) is 44.5 Å². The number of likely N-dealkylation sites (tertiary alicyclic amines) is 1. The van der Waals surface area contributed by atoms with E-state index < -0.39 is 0 Å². The number of anilines is 1. The molecule has 1 aromatic rings. The Morgan fingerprint density at radius 1 is 1.23 bits per heavy atom. The van der Waals surface area contributed by atoms with Crippen molar-refractivity contribution in [3.63, 3.8) is 0 Å². The molecule has 144 valence electrons. The highest BCUT2D eigenvalue weighted by Crippen LogP contribution is 2.18. The van der Waals surface area contributed by atoms with Crippen molar-refractivity contribution in [3.8, 4) is 0 Å². The SMILES string of the molecule is CCCCNC(=O)C1CCCN(CC(=O)Nc2ccc(C(C)C)cc2)C1. The van der Waals surface area contributed by atoms with Crippen LogP contribution in [0.2, 0.25) is 0 Å². The molecule has 1 aliphatic rings. The average molecular weight is 360 g/mol. The van der Waals surface area contributed by atoms with Gasteiger partial charge in [0.15, 0.2) is 0 Å². The van der Waals surface area contributed by atoms with E-state index in [-0.39, 0.29) is 17.7 Å². The molecule has 1 saturated heterocycles. The Kier molecular flexibility index (Phi) is 8.10. The van der Waals surface area contributed by atoms with Crippen LogP contribution in [0, 0.1) is 5.92 Å². The van der Waals surface area contributed by atoms with Crippen molar-refractivity contribution in [2.24, 2.45) is 5.92 Å². The largest absolute Gasteiger partial charge is 0.356 e. The number of carbonyl (C=O) groups is 2. The Morgan fingerprint density at radius 2 is 1.96 bits per heavy atom. The molecule has 1 fully saturated rings. The summed E-state index contributed by atoms with van der Waals surface area (Å²) in [5, 5.41) is 5.98. The van der Waals surface area contributed by atoms with Crippen molar-refractivity contribution >= 4 is 17.5 Å². The zero-order valence-corrected chi connectivity index (χ0v) is 16.4. The van der Waals surface area contributed by atoms with Gasteiger partial charge in [-0.25, -0.2) is 0 Å². The second-order valence-corrected chi connectivity index (χ2v) is 7.54. The molecule has 2 rings (SSSR count). The Morgan fingerprint density at radius 3 is 2.62 bits per heavy atom. The normalized spacial score (nSPS) is 17.9. The minimum absolute atomic E-state index is 0.00117. The monoisotopic (exact) mass is 359 g/mol. The number of carbonyl (C=O) groups excluding carboxylic acids is 2. The van der Waals surface area contributed by atoms with Gasteiger partial charge in [-0.15, -0.1) is 0 Å². The smallest absolute Gasteiger partial charge is 0.238 e.